The molecule has 0 bridgehead atoms. The van der Waals surface area contributed by atoms with Crippen LogP contribution in [0.15, 0.2) is 47.6 Å². The van der Waals surface area contributed by atoms with E-state index in [1.54, 1.807) is 36.5 Å². The third-order valence-corrected chi connectivity index (χ3v) is 4.27. The van der Waals surface area contributed by atoms with E-state index in [1.165, 1.54) is 5.01 Å². The lowest BCUT2D eigenvalue weighted by Gasteiger charge is -2.31. The first-order valence-electron chi connectivity index (χ1n) is 7.28. The van der Waals surface area contributed by atoms with Gasteiger partial charge < -0.3 is 0 Å². The molecule has 0 spiro atoms. The first-order chi connectivity index (χ1) is 11.2. The molecular formula is C18H17Cl3N2O. The Hall–Kier alpha value is -1.55. The van der Waals surface area contributed by atoms with E-state index >= 15 is 0 Å². The maximum Gasteiger partial charge on any atom is 0.276 e. The molecule has 0 aromatic heterocycles. The number of halogens is 3. The smallest absolute Gasteiger partial charge is 0.267 e. The summed E-state index contributed by atoms with van der Waals surface area (Å²) in [6.45, 7) is 5.67. The summed E-state index contributed by atoms with van der Waals surface area (Å²) >= 11 is 18.1. The van der Waals surface area contributed by atoms with E-state index in [0.29, 0.717) is 15.6 Å². The molecule has 1 amide bonds. The molecule has 0 unspecified atom stereocenters. The Bertz CT molecular complexity index is 765. The van der Waals surface area contributed by atoms with Crippen molar-refractivity contribution in [3.05, 3.63) is 68.7 Å². The summed E-state index contributed by atoms with van der Waals surface area (Å²) in [6.07, 6.45) is 1.61. The van der Waals surface area contributed by atoms with E-state index in [-0.39, 0.29) is 10.9 Å². The van der Waals surface area contributed by atoms with Crippen molar-refractivity contribution in [2.45, 2.75) is 26.3 Å². The summed E-state index contributed by atoms with van der Waals surface area (Å²) in [4.78, 5) is 12.9. The molecule has 3 nitrogen and oxygen atoms in total. The highest BCUT2D eigenvalue weighted by Gasteiger charge is 2.28. The van der Waals surface area contributed by atoms with Gasteiger partial charge in [0.1, 0.15) is 0 Å². The maximum atomic E-state index is 12.9. The van der Waals surface area contributed by atoms with Crippen LogP contribution in [-0.4, -0.2) is 22.7 Å². The van der Waals surface area contributed by atoms with E-state index in [0.717, 1.165) is 5.56 Å². The first-order valence-corrected chi connectivity index (χ1v) is 8.41. The molecule has 0 N–H and O–H groups in total. The average Bonchev–Trinajstić information content (AvgIpc) is 2.50. The van der Waals surface area contributed by atoms with E-state index in [9.17, 15) is 4.79 Å². The van der Waals surface area contributed by atoms with Gasteiger partial charge in [-0.05, 0) is 50.6 Å². The van der Waals surface area contributed by atoms with Crippen LogP contribution < -0.4 is 0 Å². The number of carbonyl (C=O) groups excluding carboxylic acids is 1. The zero-order valence-corrected chi connectivity index (χ0v) is 15.8. The minimum absolute atomic E-state index is 0.222. The summed E-state index contributed by atoms with van der Waals surface area (Å²) in [6, 6.07) is 12.1. The Morgan fingerprint density at radius 3 is 2.25 bits per heavy atom. The molecular weight excluding hydrogens is 367 g/mol. The second-order valence-corrected chi connectivity index (χ2v) is 7.41. The predicted octanol–water partition coefficient (Wildman–Crippen LogP) is 5.92. The lowest BCUT2D eigenvalue weighted by Crippen LogP contribution is -2.42. The van der Waals surface area contributed by atoms with Crippen LogP contribution in [-0.2, 0) is 0 Å². The van der Waals surface area contributed by atoms with Crippen molar-refractivity contribution in [2.75, 3.05) is 0 Å². The van der Waals surface area contributed by atoms with E-state index < -0.39 is 5.54 Å². The molecule has 0 saturated heterocycles. The van der Waals surface area contributed by atoms with Crippen molar-refractivity contribution in [2.24, 2.45) is 5.10 Å². The summed E-state index contributed by atoms with van der Waals surface area (Å²) in [5, 5.41) is 6.94. The first kappa shape index (κ1) is 18.8. The standard InChI is InChI=1S/C18H17Cl3N2O/c1-18(2,3)23(22-11-12-7-9-13(19)10-8-12)17(24)14-5-4-6-15(20)16(14)21/h4-11H,1-3H3/b22-11+. The topological polar surface area (TPSA) is 32.7 Å². The second kappa shape index (κ2) is 7.56. The van der Waals surface area contributed by atoms with Crippen LogP contribution in [0.1, 0.15) is 36.7 Å². The van der Waals surface area contributed by atoms with Crippen LogP contribution in [0.25, 0.3) is 0 Å². The number of hydrogen-bond donors (Lipinski definition) is 0. The molecule has 24 heavy (non-hydrogen) atoms. The van der Waals surface area contributed by atoms with Gasteiger partial charge in [-0.3, -0.25) is 4.79 Å². The molecule has 2 aromatic rings. The van der Waals surface area contributed by atoms with Gasteiger partial charge in [-0.1, -0.05) is 53.0 Å². The molecule has 0 radical (unpaired) electrons. The third-order valence-electron chi connectivity index (χ3n) is 3.20. The largest absolute Gasteiger partial charge is 0.276 e. The number of carbonyl (C=O) groups is 1. The van der Waals surface area contributed by atoms with Gasteiger partial charge in [-0.15, -0.1) is 0 Å². The van der Waals surface area contributed by atoms with Gasteiger partial charge in [0.2, 0.25) is 0 Å². The van der Waals surface area contributed by atoms with Crippen LogP contribution in [0.5, 0.6) is 0 Å². The number of amides is 1. The molecule has 2 rings (SSSR count). The number of rotatable bonds is 3. The van der Waals surface area contributed by atoms with Gasteiger partial charge >= 0.3 is 0 Å². The lowest BCUT2D eigenvalue weighted by atomic mass is 10.1. The summed E-state index contributed by atoms with van der Waals surface area (Å²) in [5.41, 5.74) is 0.608. The van der Waals surface area contributed by atoms with Gasteiger partial charge in [0, 0.05) is 5.02 Å². The quantitative estimate of drug-likeness (QED) is 0.478. The fraction of sp³-hybridized carbons (Fsp3) is 0.222. The minimum Gasteiger partial charge on any atom is -0.267 e. The maximum absolute atomic E-state index is 12.9. The van der Waals surface area contributed by atoms with E-state index in [4.69, 9.17) is 34.8 Å². The van der Waals surface area contributed by atoms with Gasteiger partial charge in [-0.2, -0.15) is 5.10 Å². The fourth-order valence-electron chi connectivity index (χ4n) is 1.99. The van der Waals surface area contributed by atoms with Crippen LogP contribution >= 0.6 is 34.8 Å². The Kier molecular flexibility index (Phi) is 5.92. The molecule has 0 aliphatic heterocycles. The van der Waals surface area contributed by atoms with E-state index in [2.05, 4.69) is 5.10 Å². The van der Waals surface area contributed by atoms with Crippen molar-refractivity contribution in [3.8, 4) is 0 Å². The third kappa shape index (κ3) is 4.50. The monoisotopic (exact) mass is 382 g/mol. The highest BCUT2D eigenvalue weighted by Crippen LogP contribution is 2.28. The number of hydrogen-bond acceptors (Lipinski definition) is 2. The molecule has 0 heterocycles. The molecule has 6 heteroatoms. The summed E-state index contributed by atoms with van der Waals surface area (Å²) in [7, 11) is 0. The molecule has 2 aromatic carbocycles. The van der Waals surface area contributed by atoms with Crippen LogP contribution in [0.4, 0.5) is 0 Å². The highest BCUT2D eigenvalue weighted by atomic mass is 35.5. The molecule has 0 aliphatic rings. The normalized spacial score (nSPS) is 11.8. The van der Waals surface area contributed by atoms with Gasteiger partial charge in [0.05, 0.1) is 27.4 Å². The molecule has 126 valence electrons. The highest BCUT2D eigenvalue weighted by molar-refractivity contribution is 6.43. The van der Waals surface area contributed by atoms with E-state index in [1.807, 2.05) is 32.9 Å². The number of benzene rings is 2. The van der Waals surface area contributed by atoms with Gasteiger partial charge in [0.25, 0.3) is 5.91 Å². The Balaban J connectivity index is 2.37. The van der Waals surface area contributed by atoms with Gasteiger partial charge in [-0.25, -0.2) is 5.01 Å². The minimum atomic E-state index is -0.536. The van der Waals surface area contributed by atoms with Crippen molar-refractivity contribution < 1.29 is 4.79 Å². The SMILES string of the molecule is CC(C)(C)N(/N=C/c1ccc(Cl)cc1)C(=O)c1cccc(Cl)c1Cl. The summed E-state index contributed by atoms with van der Waals surface area (Å²) < 4.78 is 0. The molecule has 0 saturated carbocycles. The fourth-order valence-corrected chi connectivity index (χ4v) is 2.49. The molecule has 0 atom stereocenters. The van der Waals surface area contributed by atoms with Crippen molar-refractivity contribution in [1.29, 1.82) is 0 Å². The Morgan fingerprint density at radius 1 is 1.04 bits per heavy atom. The van der Waals surface area contributed by atoms with Crippen LogP contribution in [0.2, 0.25) is 15.1 Å². The summed E-state index contributed by atoms with van der Waals surface area (Å²) in [5.74, 6) is -0.319. The Labute approximate surface area is 156 Å². The van der Waals surface area contributed by atoms with Crippen molar-refractivity contribution in [1.82, 2.24) is 5.01 Å². The van der Waals surface area contributed by atoms with Gasteiger partial charge in [0.15, 0.2) is 0 Å². The zero-order chi connectivity index (χ0) is 17.9. The predicted molar refractivity (Wildman–Crippen MR) is 101 cm³/mol. The Morgan fingerprint density at radius 2 is 1.67 bits per heavy atom. The molecule has 0 aliphatic carbocycles. The zero-order valence-electron chi connectivity index (χ0n) is 13.6. The molecule has 0 fully saturated rings. The number of hydrazone groups is 1. The lowest BCUT2D eigenvalue weighted by molar-refractivity contribution is 0.0594. The van der Waals surface area contributed by atoms with Crippen molar-refractivity contribution >= 4 is 46.9 Å². The van der Waals surface area contributed by atoms with Crippen molar-refractivity contribution in [3.63, 3.8) is 0 Å². The van der Waals surface area contributed by atoms with Crippen LogP contribution in [0, 0.1) is 0 Å². The average molecular weight is 384 g/mol. The second-order valence-electron chi connectivity index (χ2n) is 6.19. The van der Waals surface area contributed by atoms with Crippen LogP contribution in [0.3, 0.4) is 0 Å². The number of nitrogens with zero attached hydrogens (tertiary/aromatic N) is 2.